The van der Waals surface area contributed by atoms with Gasteiger partial charge in [0.15, 0.2) is 0 Å². The van der Waals surface area contributed by atoms with Crippen LogP contribution in [0.1, 0.15) is 24.7 Å². The van der Waals surface area contributed by atoms with E-state index in [1.807, 2.05) is 13.1 Å². The topological polar surface area (TPSA) is 50.1 Å². The molecule has 84 valence electrons. The summed E-state index contributed by atoms with van der Waals surface area (Å²) in [6, 6.07) is 5.95. The highest BCUT2D eigenvalue weighted by atomic mass is 16.3. The minimum Gasteiger partial charge on any atom is -0.508 e. The molecule has 1 fully saturated rings. The zero-order valence-electron chi connectivity index (χ0n) is 9.27. The van der Waals surface area contributed by atoms with E-state index in [1.54, 1.807) is 12.1 Å². The Labute approximate surface area is 93.9 Å². The van der Waals surface area contributed by atoms with Gasteiger partial charge >= 0.3 is 0 Å². The van der Waals surface area contributed by atoms with Crippen molar-refractivity contribution in [2.24, 2.45) is 0 Å². The lowest BCUT2D eigenvalue weighted by Gasteiger charge is -2.06. The molecule has 1 aliphatic carbocycles. The van der Waals surface area contributed by atoms with Crippen LogP contribution in [0.2, 0.25) is 0 Å². The first-order valence-corrected chi connectivity index (χ1v) is 5.64. The van der Waals surface area contributed by atoms with Crippen LogP contribution >= 0.6 is 0 Å². The Morgan fingerprint density at radius 3 is 3.00 bits per heavy atom. The normalized spacial score (nSPS) is 15.8. The van der Waals surface area contributed by atoms with E-state index >= 15 is 0 Å². The van der Waals surface area contributed by atoms with E-state index in [-0.39, 0.29) is 0 Å². The van der Waals surface area contributed by atoms with Crippen molar-refractivity contribution in [1.29, 1.82) is 0 Å². The van der Waals surface area contributed by atoms with E-state index in [2.05, 4.69) is 14.9 Å². The first kappa shape index (κ1) is 9.66. The molecule has 0 atom stereocenters. The molecular formula is C12H15N3O. The van der Waals surface area contributed by atoms with Crippen LogP contribution in [0.3, 0.4) is 0 Å². The lowest BCUT2D eigenvalue weighted by atomic mass is 10.3. The van der Waals surface area contributed by atoms with Gasteiger partial charge in [-0.25, -0.2) is 4.98 Å². The molecule has 0 aliphatic heterocycles. The van der Waals surface area contributed by atoms with Crippen LogP contribution in [0.25, 0.3) is 11.0 Å². The van der Waals surface area contributed by atoms with Gasteiger partial charge in [0.05, 0.1) is 17.6 Å². The Morgan fingerprint density at radius 1 is 1.50 bits per heavy atom. The lowest BCUT2D eigenvalue weighted by Crippen LogP contribution is -2.11. The van der Waals surface area contributed by atoms with Gasteiger partial charge in [0.25, 0.3) is 0 Å². The van der Waals surface area contributed by atoms with Gasteiger partial charge in [-0.2, -0.15) is 0 Å². The molecule has 2 N–H and O–H groups in total. The monoisotopic (exact) mass is 217 g/mol. The Hall–Kier alpha value is -1.55. The molecule has 1 aliphatic rings. The summed E-state index contributed by atoms with van der Waals surface area (Å²) in [4.78, 5) is 4.59. The number of benzene rings is 1. The summed E-state index contributed by atoms with van der Waals surface area (Å²) in [5, 5.41) is 12.7. The summed E-state index contributed by atoms with van der Waals surface area (Å²) >= 11 is 0. The number of fused-ring (bicyclic) bond motifs is 1. The zero-order chi connectivity index (χ0) is 11.1. The van der Waals surface area contributed by atoms with Gasteiger partial charge < -0.3 is 15.0 Å². The van der Waals surface area contributed by atoms with Crippen LogP contribution < -0.4 is 5.32 Å². The third kappa shape index (κ3) is 1.46. The number of aromatic hydroxyl groups is 1. The number of rotatable bonds is 3. The Morgan fingerprint density at radius 2 is 2.31 bits per heavy atom. The molecule has 1 aromatic heterocycles. The minimum atomic E-state index is 0.310. The fourth-order valence-electron chi connectivity index (χ4n) is 2.15. The summed E-state index contributed by atoms with van der Waals surface area (Å²) in [6.45, 7) is 0.770. The van der Waals surface area contributed by atoms with Crippen molar-refractivity contribution in [3.8, 4) is 5.75 Å². The Kier molecular flexibility index (Phi) is 2.11. The number of imidazole rings is 1. The van der Waals surface area contributed by atoms with Gasteiger partial charge in [-0.3, -0.25) is 0 Å². The maximum absolute atomic E-state index is 9.54. The molecule has 0 saturated heterocycles. The predicted molar refractivity (Wildman–Crippen MR) is 62.4 cm³/mol. The summed E-state index contributed by atoms with van der Waals surface area (Å²) in [6.07, 6.45) is 2.44. The second-order valence-electron chi connectivity index (χ2n) is 4.33. The van der Waals surface area contributed by atoms with Crippen molar-refractivity contribution in [2.45, 2.75) is 25.4 Å². The first-order valence-electron chi connectivity index (χ1n) is 5.64. The predicted octanol–water partition coefficient (Wildman–Crippen LogP) is 1.80. The van der Waals surface area contributed by atoms with Gasteiger partial charge in [0, 0.05) is 12.1 Å². The van der Waals surface area contributed by atoms with Crippen molar-refractivity contribution in [2.75, 3.05) is 7.05 Å². The van der Waals surface area contributed by atoms with Gasteiger partial charge in [-0.1, -0.05) is 0 Å². The van der Waals surface area contributed by atoms with E-state index in [0.29, 0.717) is 11.8 Å². The smallest absolute Gasteiger partial charge is 0.124 e. The van der Waals surface area contributed by atoms with Crippen molar-refractivity contribution >= 4 is 11.0 Å². The highest BCUT2D eigenvalue weighted by Gasteiger charge is 2.27. The molecule has 1 heterocycles. The van der Waals surface area contributed by atoms with Crippen LogP contribution in [-0.4, -0.2) is 21.7 Å². The van der Waals surface area contributed by atoms with Crippen molar-refractivity contribution < 1.29 is 5.11 Å². The average molecular weight is 217 g/mol. The molecule has 1 saturated carbocycles. The standard InChI is InChI=1S/C12H15N3O/c1-13-7-12-14-10-5-4-9(16)6-11(10)15(12)8-2-3-8/h4-6,8,13,16H,2-3,7H2,1H3. The zero-order valence-corrected chi connectivity index (χ0v) is 9.27. The number of phenols is 1. The molecule has 0 amide bonds. The van der Waals surface area contributed by atoms with Crippen LogP contribution in [0.5, 0.6) is 5.75 Å². The highest BCUT2D eigenvalue weighted by molar-refractivity contribution is 5.78. The second-order valence-corrected chi connectivity index (χ2v) is 4.33. The molecule has 0 spiro atoms. The molecule has 3 rings (SSSR count). The third-order valence-electron chi connectivity index (χ3n) is 2.99. The van der Waals surface area contributed by atoms with Gasteiger partial charge in [0.1, 0.15) is 11.6 Å². The van der Waals surface area contributed by atoms with E-state index in [1.165, 1.54) is 12.8 Å². The fourth-order valence-corrected chi connectivity index (χ4v) is 2.15. The second kappa shape index (κ2) is 3.49. The van der Waals surface area contributed by atoms with Crippen molar-refractivity contribution in [3.05, 3.63) is 24.0 Å². The largest absolute Gasteiger partial charge is 0.508 e. The Balaban J connectivity index is 2.21. The van der Waals surface area contributed by atoms with Gasteiger partial charge in [-0.05, 0) is 32.0 Å². The van der Waals surface area contributed by atoms with Crippen LogP contribution in [-0.2, 0) is 6.54 Å². The molecular weight excluding hydrogens is 202 g/mol. The van der Waals surface area contributed by atoms with Gasteiger partial charge in [0.2, 0.25) is 0 Å². The van der Waals surface area contributed by atoms with Crippen LogP contribution in [0, 0.1) is 0 Å². The van der Waals surface area contributed by atoms with Gasteiger partial charge in [-0.15, -0.1) is 0 Å². The maximum Gasteiger partial charge on any atom is 0.124 e. The number of nitrogens with zero attached hydrogens (tertiary/aromatic N) is 2. The Bertz CT molecular complexity index is 528. The molecule has 2 aromatic rings. The quantitative estimate of drug-likeness (QED) is 0.824. The average Bonchev–Trinajstić information content (AvgIpc) is 3.02. The number of phenolic OH excluding ortho intramolecular Hbond substituents is 1. The highest BCUT2D eigenvalue weighted by Crippen LogP contribution is 2.39. The summed E-state index contributed by atoms with van der Waals surface area (Å²) in [5.74, 6) is 1.37. The van der Waals surface area contributed by atoms with E-state index < -0.39 is 0 Å². The number of hydrogen-bond donors (Lipinski definition) is 2. The number of hydrogen-bond acceptors (Lipinski definition) is 3. The molecule has 16 heavy (non-hydrogen) atoms. The van der Waals surface area contributed by atoms with Crippen LogP contribution in [0.4, 0.5) is 0 Å². The third-order valence-corrected chi connectivity index (χ3v) is 2.99. The lowest BCUT2D eigenvalue weighted by molar-refractivity contribution is 0.476. The molecule has 1 aromatic carbocycles. The van der Waals surface area contributed by atoms with Crippen molar-refractivity contribution in [1.82, 2.24) is 14.9 Å². The van der Waals surface area contributed by atoms with E-state index in [0.717, 1.165) is 23.4 Å². The van der Waals surface area contributed by atoms with Crippen LogP contribution in [0.15, 0.2) is 18.2 Å². The summed E-state index contributed by atoms with van der Waals surface area (Å²) in [5.41, 5.74) is 2.02. The number of aromatic nitrogens is 2. The fraction of sp³-hybridized carbons (Fsp3) is 0.417. The molecule has 4 nitrogen and oxygen atoms in total. The minimum absolute atomic E-state index is 0.310. The first-order chi connectivity index (χ1) is 7.79. The maximum atomic E-state index is 9.54. The summed E-state index contributed by atoms with van der Waals surface area (Å²) in [7, 11) is 1.92. The summed E-state index contributed by atoms with van der Waals surface area (Å²) < 4.78 is 2.26. The SMILES string of the molecule is CNCc1nc2ccc(O)cc2n1C1CC1. The number of nitrogens with one attached hydrogen (secondary N) is 1. The molecule has 0 unspecified atom stereocenters. The molecule has 0 radical (unpaired) electrons. The van der Waals surface area contributed by atoms with E-state index in [9.17, 15) is 5.11 Å². The van der Waals surface area contributed by atoms with Crippen molar-refractivity contribution in [3.63, 3.8) is 0 Å². The molecule has 0 bridgehead atoms. The molecule has 4 heteroatoms. The van der Waals surface area contributed by atoms with E-state index in [4.69, 9.17) is 0 Å².